The minimum atomic E-state index is -3.21. The lowest BCUT2D eigenvalue weighted by atomic mass is 10.1. The highest BCUT2D eigenvalue weighted by molar-refractivity contribution is 7.99. The Kier molecular flexibility index (Phi) is 8.15. The van der Waals surface area contributed by atoms with E-state index in [4.69, 9.17) is 19.2 Å². The molecule has 2 aromatic carbocycles. The van der Waals surface area contributed by atoms with Crippen LogP contribution in [0.4, 0.5) is 5.69 Å². The van der Waals surface area contributed by atoms with Gasteiger partial charge in [0.15, 0.2) is 6.29 Å². The van der Waals surface area contributed by atoms with E-state index in [-0.39, 0.29) is 32.6 Å². The van der Waals surface area contributed by atoms with E-state index in [9.17, 15) is 20.4 Å². The number of nitrogens with zero attached hydrogens (tertiary/aromatic N) is 3. The van der Waals surface area contributed by atoms with Crippen molar-refractivity contribution in [3.8, 4) is 0 Å². The number of aliphatic hydroxyl groups is 4. The van der Waals surface area contributed by atoms with Crippen molar-refractivity contribution in [3.05, 3.63) is 54.1 Å². The minimum absolute atomic E-state index is 0.0239. The Balaban J connectivity index is 1.22. The van der Waals surface area contributed by atoms with Gasteiger partial charge in [-0.05, 0) is 37.5 Å². The van der Waals surface area contributed by atoms with E-state index in [1.165, 1.54) is 4.90 Å². The molecule has 0 aliphatic carbocycles. The Morgan fingerprint density at radius 2 is 1.65 bits per heavy atom. The summed E-state index contributed by atoms with van der Waals surface area (Å²) in [6.07, 6.45) is 2.40. The second-order valence-electron chi connectivity index (χ2n) is 9.23. The lowest BCUT2D eigenvalue weighted by molar-refractivity contribution is -0.498. The van der Waals surface area contributed by atoms with Crippen molar-refractivity contribution < 1.29 is 34.6 Å². The van der Waals surface area contributed by atoms with Crippen molar-refractivity contribution in [1.29, 1.82) is 0 Å². The molecule has 3 aliphatic heterocycles. The molecule has 2 aromatic rings. The molecular weight excluding hydrogens is 498 g/mol. The number of ether oxygens (including phenoxy) is 3. The number of aliphatic imine (C=N–C) groups is 1. The number of hydrogen-bond donors (Lipinski definition) is 4. The number of para-hydroxylation sites is 1. The van der Waals surface area contributed by atoms with Crippen LogP contribution in [0, 0.1) is 0 Å². The first-order chi connectivity index (χ1) is 17.8. The van der Waals surface area contributed by atoms with E-state index in [1.807, 2.05) is 42.5 Å². The van der Waals surface area contributed by atoms with Crippen LogP contribution >= 0.6 is 11.8 Å². The van der Waals surface area contributed by atoms with E-state index in [0.717, 1.165) is 46.1 Å². The van der Waals surface area contributed by atoms with Gasteiger partial charge >= 0.3 is 11.9 Å². The number of fused-ring (bicyclic) bond motifs is 2. The molecule has 1 unspecified atom stereocenters. The molecule has 0 aromatic heterocycles. The van der Waals surface area contributed by atoms with Crippen LogP contribution in [-0.2, 0) is 14.2 Å². The Labute approximate surface area is 220 Å². The summed E-state index contributed by atoms with van der Waals surface area (Å²) < 4.78 is 16.0. The summed E-state index contributed by atoms with van der Waals surface area (Å²) in [5.41, 5.74) is 1.87. The molecule has 3 aliphatic rings. The number of amidine groups is 1. The van der Waals surface area contributed by atoms with E-state index in [0.29, 0.717) is 19.7 Å². The van der Waals surface area contributed by atoms with Gasteiger partial charge in [-0.15, -0.1) is 0 Å². The molecule has 3 heterocycles. The molecule has 200 valence electrons. The van der Waals surface area contributed by atoms with Gasteiger partial charge in [-0.2, -0.15) is 0 Å². The molecule has 0 saturated carbocycles. The average molecular weight is 532 g/mol. The monoisotopic (exact) mass is 531 g/mol. The Morgan fingerprint density at radius 3 is 2.41 bits per heavy atom. The largest absolute Gasteiger partial charge is 0.353 e. The molecule has 2 saturated heterocycles. The first-order valence-corrected chi connectivity index (χ1v) is 13.4. The quantitative estimate of drug-likeness (QED) is 0.310. The van der Waals surface area contributed by atoms with Crippen molar-refractivity contribution in [1.82, 2.24) is 9.80 Å². The average Bonchev–Trinajstić information content (AvgIpc) is 3.08. The third-order valence-electron chi connectivity index (χ3n) is 6.72. The van der Waals surface area contributed by atoms with Gasteiger partial charge in [0.25, 0.3) is 0 Å². The molecule has 1 atom stereocenters. The molecule has 0 spiro atoms. The summed E-state index contributed by atoms with van der Waals surface area (Å²) in [6.45, 7) is 1.46. The minimum Gasteiger partial charge on any atom is -0.353 e. The van der Waals surface area contributed by atoms with Crippen LogP contribution in [-0.4, -0.2) is 100 Å². The summed E-state index contributed by atoms with van der Waals surface area (Å²) in [5, 5.41) is 42.1. The molecular formula is C26H33N3O7S. The maximum absolute atomic E-state index is 10.7. The van der Waals surface area contributed by atoms with Crippen LogP contribution in [0.25, 0.3) is 0 Å². The Hall–Kier alpha value is -2.06. The van der Waals surface area contributed by atoms with Crippen LogP contribution in [0.5, 0.6) is 0 Å². The summed E-state index contributed by atoms with van der Waals surface area (Å²) in [4.78, 5) is 10.4. The van der Waals surface area contributed by atoms with E-state index >= 15 is 0 Å². The zero-order valence-electron chi connectivity index (χ0n) is 20.5. The van der Waals surface area contributed by atoms with Gasteiger partial charge in [-0.3, -0.25) is 0 Å². The van der Waals surface area contributed by atoms with Crippen LogP contribution < -0.4 is 0 Å². The van der Waals surface area contributed by atoms with E-state index < -0.39 is 11.9 Å². The van der Waals surface area contributed by atoms with Crippen LogP contribution in [0.1, 0.15) is 24.8 Å². The normalized spacial score (nSPS) is 21.1. The van der Waals surface area contributed by atoms with Crippen molar-refractivity contribution in [2.24, 2.45) is 4.99 Å². The molecule has 37 heavy (non-hydrogen) atoms. The maximum atomic E-state index is 10.7. The van der Waals surface area contributed by atoms with Crippen LogP contribution in [0.15, 0.2) is 63.3 Å². The van der Waals surface area contributed by atoms with Crippen molar-refractivity contribution in [3.63, 3.8) is 0 Å². The molecule has 5 rings (SSSR count). The van der Waals surface area contributed by atoms with E-state index in [1.54, 1.807) is 11.8 Å². The highest BCUT2D eigenvalue weighted by Gasteiger charge is 2.54. The summed E-state index contributed by atoms with van der Waals surface area (Å²) in [6, 6.07) is 16.0. The number of hydrogen-bond acceptors (Lipinski definition) is 11. The molecule has 10 nitrogen and oxygen atoms in total. The number of piperazine rings is 1. The topological polar surface area (TPSA) is 127 Å². The molecule has 0 radical (unpaired) electrons. The van der Waals surface area contributed by atoms with Crippen molar-refractivity contribution >= 4 is 23.3 Å². The first-order valence-electron chi connectivity index (χ1n) is 12.6. The third-order valence-corrected chi connectivity index (χ3v) is 7.87. The molecule has 11 heteroatoms. The zero-order chi connectivity index (χ0) is 25.9. The van der Waals surface area contributed by atoms with Crippen LogP contribution in [0.3, 0.4) is 0 Å². The second-order valence-corrected chi connectivity index (χ2v) is 10.3. The Bertz CT molecular complexity index is 1100. The predicted octanol–water partition coefficient (Wildman–Crippen LogP) is 1.68. The molecule has 4 N–H and O–H groups in total. The molecule has 2 fully saturated rings. The first kappa shape index (κ1) is 26.5. The fraction of sp³-hybridized carbons (Fsp3) is 0.500. The lowest BCUT2D eigenvalue weighted by Gasteiger charge is -2.45. The van der Waals surface area contributed by atoms with Gasteiger partial charge in [0.05, 0.1) is 18.9 Å². The van der Waals surface area contributed by atoms with Crippen LogP contribution in [0.2, 0.25) is 0 Å². The smallest absolute Gasteiger partial charge is 0.351 e. The highest BCUT2D eigenvalue weighted by Crippen LogP contribution is 2.40. The zero-order valence-corrected chi connectivity index (χ0v) is 21.3. The highest BCUT2D eigenvalue weighted by atomic mass is 32.2. The number of benzene rings is 2. The fourth-order valence-corrected chi connectivity index (χ4v) is 5.67. The van der Waals surface area contributed by atoms with Gasteiger partial charge in [0.1, 0.15) is 5.84 Å². The number of rotatable bonds is 7. The van der Waals surface area contributed by atoms with Crippen molar-refractivity contribution in [2.75, 3.05) is 46.0 Å². The fourth-order valence-electron chi connectivity index (χ4n) is 4.65. The summed E-state index contributed by atoms with van der Waals surface area (Å²) in [5.74, 6) is -5.44. The molecule has 0 bridgehead atoms. The van der Waals surface area contributed by atoms with E-state index in [2.05, 4.69) is 11.0 Å². The lowest BCUT2D eigenvalue weighted by Crippen LogP contribution is -2.69. The van der Waals surface area contributed by atoms with Gasteiger partial charge in [0, 0.05) is 48.1 Å². The van der Waals surface area contributed by atoms with Crippen molar-refractivity contribution in [2.45, 2.75) is 47.2 Å². The third kappa shape index (κ3) is 5.85. The summed E-state index contributed by atoms with van der Waals surface area (Å²) >= 11 is 1.67. The molecule has 0 amide bonds. The second kappa shape index (κ2) is 11.4. The van der Waals surface area contributed by atoms with Gasteiger partial charge in [-0.1, -0.05) is 42.1 Å². The van der Waals surface area contributed by atoms with Gasteiger partial charge in [0.2, 0.25) is 0 Å². The Morgan fingerprint density at radius 1 is 0.919 bits per heavy atom. The predicted molar refractivity (Wildman–Crippen MR) is 136 cm³/mol. The van der Waals surface area contributed by atoms with Gasteiger partial charge in [-0.25, -0.2) is 9.89 Å². The van der Waals surface area contributed by atoms with Gasteiger partial charge < -0.3 is 39.5 Å². The standard InChI is InChI=1S/C26H33N3O7S/c30-25(31,26(32,33)36-18-17-35-23-11-5-6-16-34-23)29-14-12-28(13-15-29)24-19-7-1-3-9-21(19)37-22-10-4-2-8-20(22)27-24/h1-4,7-10,23,30-33H,5-6,11-18H2. The maximum Gasteiger partial charge on any atom is 0.351 e. The summed E-state index contributed by atoms with van der Waals surface area (Å²) in [7, 11) is 0. The SMILES string of the molecule is OC(O)(OCCOC1CCCCO1)C(O)(O)N1CCN(C2=Nc3ccccc3Sc3ccccc32)CC1.